The normalized spacial score (nSPS) is 17.0. The predicted octanol–water partition coefficient (Wildman–Crippen LogP) is 3.18. The third-order valence-corrected chi connectivity index (χ3v) is 6.12. The summed E-state index contributed by atoms with van der Waals surface area (Å²) in [6.45, 7) is 1.22. The van der Waals surface area contributed by atoms with E-state index in [2.05, 4.69) is 20.3 Å². The summed E-state index contributed by atoms with van der Waals surface area (Å²) in [4.78, 5) is 40.2. The Morgan fingerprint density at radius 3 is 2.34 bits per heavy atom. The minimum absolute atomic E-state index is 0.103. The minimum atomic E-state index is -0.505. The monoisotopic (exact) mass is 445 g/mol. The quantitative estimate of drug-likeness (QED) is 0.575. The van der Waals surface area contributed by atoms with Crippen molar-refractivity contribution in [3.8, 4) is 0 Å². The number of benzene rings is 1. The van der Waals surface area contributed by atoms with Crippen LogP contribution in [0.3, 0.4) is 0 Å². The van der Waals surface area contributed by atoms with Crippen molar-refractivity contribution in [2.75, 3.05) is 0 Å². The average molecular weight is 446 g/mol. The van der Waals surface area contributed by atoms with E-state index in [1.807, 2.05) is 54.6 Å². The lowest BCUT2D eigenvalue weighted by Gasteiger charge is -2.16. The van der Waals surface area contributed by atoms with E-state index >= 15 is 0 Å². The molecular weight excluding hydrogens is 422 g/mol. The van der Waals surface area contributed by atoms with Crippen LogP contribution in [-0.4, -0.2) is 37.1 Å². The maximum atomic E-state index is 13.2. The highest BCUT2D eigenvalue weighted by atomic mass is 32.2. The molecule has 0 spiro atoms. The van der Waals surface area contributed by atoms with E-state index in [0.29, 0.717) is 24.8 Å². The fourth-order valence-corrected chi connectivity index (χ4v) is 4.41. The fraction of sp³-hybridized carbons (Fsp3) is 0.208. The summed E-state index contributed by atoms with van der Waals surface area (Å²) in [7, 11) is 0. The van der Waals surface area contributed by atoms with E-state index in [1.165, 1.54) is 11.8 Å². The molecular formula is C24H23N5O2S. The number of carbonyl (C=O) groups excluding carboxylic acids is 2. The number of hydrogen-bond donors (Lipinski definition) is 1. The summed E-state index contributed by atoms with van der Waals surface area (Å²) in [5.74, 6) is -0.270. The molecule has 0 saturated carbocycles. The van der Waals surface area contributed by atoms with Gasteiger partial charge in [0, 0.05) is 37.8 Å². The van der Waals surface area contributed by atoms with E-state index in [1.54, 1.807) is 29.7 Å². The molecule has 162 valence electrons. The summed E-state index contributed by atoms with van der Waals surface area (Å²) in [5.41, 5.74) is 2.88. The third kappa shape index (κ3) is 5.79. The van der Waals surface area contributed by atoms with Crippen molar-refractivity contribution in [3.63, 3.8) is 0 Å². The van der Waals surface area contributed by atoms with Crippen LogP contribution in [0.25, 0.3) is 0 Å². The molecule has 1 atom stereocenters. The molecule has 4 rings (SSSR count). The minimum Gasteiger partial charge on any atom is -0.352 e. The molecule has 0 aliphatic carbocycles. The molecule has 1 saturated heterocycles. The summed E-state index contributed by atoms with van der Waals surface area (Å²) < 4.78 is 0. The first-order valence-corrected chi connectivity index (χ1v) is 11.2. The Hall–Kier alpha value is -3.52. The van der Waals surface area contributed by atoms with Gasteiger partial charge in [-0.05, 0) is 28.8 Å². The Morgan fingerprint density at radius 2 is 1.66 bits per heavy atom. The second kappa shape index (κ2) is 10.7. The largest absolute Gasteiger partial charge is 0.352 e. The second-order valence-corrected chi connectivity index (χ2v) is 8.49. The van der Waals surface area contributed by atoms with Gasteiger partial charge in [-0.2, -0.15) is 0 Å². The van der Waals surface area contributed by atoms with Gasteiger partial charge < -0.3 is 5.32 Å². The number of nitrogens with one attached hydrogen (secondary N) is 1. The van der Waals surface area contributed by atoms with Crippen LogP contribution in [-0.2, 0) is 29.2 Å². The number of carbonyl (C=O) groups is 2. The third-order valence-electron chi connectivity index (χ3n) is 4.91. The van der Waals surface area contributed by atoms with Gasteiger partial charge in [-0.15, -0.1) is 0 Å². The average Bonchev–Trinajstić information content (AvgIpc) is 3.12. The number of amides is 2. The maximum Gasteiger partial charge on any atom is 0.242 e. The lowest BCUT2D eigenvalue weighted by atomic mass is 10.2. The molecule has 1 N–H and O–H groups in total. The number of thioether (sulfide) groups is 1. The van der Waals surface area contributed by atoms with E-state index in [4.69, 9.17) is 0 Å². The van der Waals surface area contributed by atoms with Crippen molar-refractivity contribution in [1.29, 1.82) is 0 Å². The lowest BCUT2D eigenvalue weighted by Crippen LogP contribution is -2.34. The first-order chi connectivity index (χ1) is 15.7. The van der Waals surface area contributed by atoms with Gasteiger partial charge >= 0.3 is 0 Å². The molecule has 1 unspecified atom stereocenters. The molecule has 1 aliphatic heterocycles. The van der Waals surface area contributed by atoms with Gasteiger partial charge in [-0.1, -0.05) is 54.2 Å². The van der Waals surface area contributed by atoms with E-state index in [9.17, 15) is 9.59 Å². The van der Waals surface area contributed by atoms with Gasteiger partial charge in [0.1, 0.15) is 5.25 Å². The van der Waals surface area contributed by atoms with Gasteiger partial charge in [0.05, 0.1) is 13.1 Å². The fourth-order valence-electron chi connectivity index (χ4n) is 3.27. The molecule has 1 aliphatic rings. The zero-order valence-electron chi connectivity index (χ0n) is 17.4. The van der Waals surface area contributed by atoms with Crippen LogP contribution in [0.2, 0.25) is 0 Å². The summed E-state index contributed by atoms with van der Waals surface area (Å²) in [5, 5.41) is 3.01. The number of rotatable bonds is 8. The Kier molecular flexibility index (Phi) is 7.24. The summed E-state index contributed by atoms with van der Waals surface area (Å²) in [6.07, 6.45) is 7.00. The van der Waals surface area contributed by atoms with Crippen molar-refractivity contribution in [2.24, 2.45) is 4.99 Å². The van der Waals surface area contributed by atoms with Crippen LogP contribution < -0.4 is 5.32 Å². The number of aromatic nitrogens is 2. The lowest BCUT2D eigenvalue weighted by molar-refractivity contribution is -0.129. The maximum absolute atomic E-state index is 13.2. The SMILES string of the molecule is O=C(CC1SC(=NCc2cccnc2)N(Cc2cccnc2)C1=O)NCc1ccccc1. The van der Waals surface area contributed by atoms with Crippen LogP contribution in [0, 0.1) is 0 Å². The first kappa shape index (κ1) is 21.7. The zero-order chi connectivity index (χ0) is 22.2. The topological polar surface area (TPSA) is 87.6 Å². The second-order valence-electron chi connectivity index (χ2n) is 7.32. The highest BCUT2D eigenvalue weighted by Gasteiger charge is 2.39. The van der Waals surface area contributed by atoms with Crippen molar-refractivity contribution >= 4 is 28.7 Å². The molecule has 0 radical (unpaired) electrons. The smallest absolute Gasteiger partial charge is 0.242 e. The Bertz CT molecular complexity index is 1080. The molecule has 2 amide bonds. The van der Waals surface area contributed by atoms with E-state index < -0.39 is 5.25 Å². The number of hydrogen-bond acceptors (Lipinski definition) is 6. The number of pyridine rings is 2. The van der Waals surface area contributed by atoms with Gasteiger partial charge in [-0.25, -0.2) is 0 Å². The highest BCUT2D eigenvalue weighted by molar-refractivity contribution is 8.15. The van der Waals surface area contributed by atoms with Gasteiger partial charge in [0.25, 0.3) is 0 Å². The van der Waals surface area contributed by atoms with Crippen LogP contribution >= 0.6 is 11.8 Å². The Balaban J connectivity index is 1.44. The highest BCUT2D eigenvalue weighted by Crippen LogP contribution is 2.31. The van der Waals surface area contributed by atoms with Gasteiger partial charge in [0.2, 0.25) is 11.8 Å². The molecule has 3 aromatic rings. The molecule has 32 heavy (non-hydrogen) atoms. The van der Waals surface area contributed by atoms with Crippen molar-refractivity contribution in [2.45, 2.75) is 31.3 Å². The number of amidine groups is 1. The van der Waals surface area contributed by atoms with Crippen LogP contribution in [0.15, 0.2) is 84.4 Å². The van der Waals surface area contributed by atoms with Crippen molar-refractivity contribution in [3.05, 3.63) is 96.1 Å². The summed E-state index contributed by atoms with van der Waals surface area (Å²) in [6, 6.07) is 17.3. The zero-order valence-corrected chi connectivity index (χ0v) is 18.2. The first-order valence-electron chi connectivity index (χ1n) is 10.3. The Labute approximate surface area is 191 Å². The van der Waals surface area contributed by atoms with Crippen LogP contribution in [0.1, 0.15) is 23.1 Å². The number of nitrogens with zero attached hydrogens (tertiary/aromatic N) is 4. The van der Waals surface area contributed by atoms with Gasteiger partial charge in [0.15, 0.2) is 5.17 Å². The van der Waals surface area contributed by atoms with Crippen LogP contribution in [0.5, 0.6) is 0 Å². The Morgan fingerprint density at radius 1 is 0.969 bits per heavy atom. The van der Waals surface area contributed by atoms with E-state index in [-0.39, 0.29) is 18.2 Å². The summed E-state index contributed by atoms with van der Waals surface area (Å²) >= 11 is 1.34. The van der Waals surface area contributed by atoms with Crippen molar-refractivity contribution < 1.29 is 9.59 Å². The molecule has 1 fully saturated rings. The standard InChI is InChI=1S/C24H23N5O2S/c30-22(27-15-18-6-2-1-3-7-18)12-21-23(31)29(17-20-9-5-11-26-14-20)24(32-21)28-16-19-8-4-10-25-13-19/h1-11,13-14,21H,12,15-17H2,(H,27,30). The van der Waals surface area contributed by atoms with Crippen molar-refractivity contribution in [1.82, 2.24) is 20.2 Å². The van der Waals surface area contributed by atoms with Crippen LogP contribution in [0.4, 0.5) is 0 Å². The molecule has 2 aromatic heterocycles. The molecule has 1 aromatic carbocycles. The molecule has 3 heterocycles. The number of aliphatic imine (C=N–C) groups is 1. The van der Waals surface area contributed by atoms with Gasteiger partial charge in [-0.3, -0.25) is 29.4 Å². The molecule has 7 nitrogen and oxygen atoms in total. The van der Waals surface area contributed by atoms with E-state index in [0.717, 1.165) is 16.7 Å². The molecule has 8 heteroatoms. The molecule has 0 bridgehead atoms. The predicted molar refractivity (Wildman–Crippen MR) is 124 cm³/mol.